The van der Waals surface area contributed by atoms with Crippen LogP contribution in [0.5, 0.6) is 0 Å². The van der Waals surface area contributed by atoms with Gasteiger partial charge in [-0.15, -0.1) is 0 Å². The molecule has 1 rings (SSSR count). The maximum atomic E-state index is 12.0. The van der Waals surface area contributed by atoms with E-state index in [1.165, 1.54) is 14.0 Å². The molecule has 0 aromatic carbocycles. The van der Waals surface area contributed by atoms with Gasteiger partial charge in [0.15, 0.2) is 9.84 Å². The first-order valence-corrected chi connectivity index (χ1v) is 9.08. The normalized spacial score (nSPS) is 19.0. The molecular formula is C14H25NO5S. The Labute approximate surface area is 126 Å². The number of methoxy groups -OCH3 is 1. The third kappa shape index (κ3) is 4.18. The minimum absolute atomic E-state index is 0.0102. The van der Waals surface area contributed by atoms with Crippen LogP contribution in [-0.4, -0.2) is 45.0 Å². The highest BCUT2D eigenvalue weighted by molar-refractivity contribution is 7.92. The van der Waals surface area contributed by atoms with E-state index in [0.717, 1.165) is 12.8 Å². The van der Waals surface area contributed by atoms with E-state index in [1.54, 1.807) is 6.92 Å². The maximum Gasteiger partial charge on any atom is 0.313 e. The lowest BCUT2D eigenvalue weighted by atomic mass is 9.86. The van der Waals surface area contributed by atoms with Crippen molar-refractivity contribution in [3.05, 3.63) is 0 Å². The topological polar surface area (TPSA) is 89.5 Å². The highest BCUT2D eigenvalue weighted by Crippen LogP contribution is 2.38. The van der Waals surface area contributed by atoms with Crippen LogP contribution in [0.1, 0.15) is 46.0 Å². The van der Waals surface area contributed by atoms with Crippen LogP contribution < -0.4 is 5.32 Å². The van der Waals surface area contributed by atoms with Crippen molar-refractivity contribution in [2.75, 3.05) is 19.4 Å². The van der Waals surface area contributed by atoms with Crippen molar-refractivity contribution < 1.29 is 22.7 Å². The summed E-state index contributed by atoms with van der Waals surface area (Å²) >= 11 is 0. The number of nitrogens with one attached hydrogen (secondary N) is 1. The van der Waals surface area contributed by atoms with Crippen LogP contribution >= 0.6 is 0 Å². The number of esters is 1. The lowest BCUT2D eigenvalue weighted by Crippen LogP contribution is -2.46. The number of carbonyl (C=O) groups is 2. The number of hydrogen-bond donors (Lipinski definition) is 1. The van der Waals surface area contributed by atoms with Crippen molar-refractivity contribution in [2.24, 2.45) is 5.41 Å². The molecule has 122 valence electrons. The number of rotatable bonds is 7. The molecule has 1 aliphatic rings. The fraction of sp³-hybridized carbons (Fsp3) is 0.857. The zero-order valence-electron chi connectivity index (χ0n) is 13.0. The SMILES string of the molecule is CCCS(=O)(=O)C(C)C(=O)NCC1(C(=O)OC)CCCC1. The second kappa shape index (κ2) is 7.24. The van der Waals surface area contributed by atoms with Crippen molar-refractivity contribution in [1.82, 2.24) is 5.32 Å². The molecule has 0 bridgehead atoms. The van der Waals surface area contributed by atoms with E-state index in [1.807, 2.05) is 0 Å². The summed E-state index contributed by atoms with van der Waals surface area (Å²) in [6.07, 6.45) is 3.63. The molecule has 1 atom stereocenters. The van der Waals surface area contributed by atoms with Gasteiger partial charge in [-0.05, 0) is 26.2 Å². The number of carbonyl (C=O) groups excluding carboxylic acids is 2. The van der Waals surface area contributed by atoms with Gasteiger partial charge in [0, 0.05) is 6.54 Å². The van der Waals surface area contributed by atoms with Gasteiger partial charge in [0.05, 0.1) is 18.3 Å². The van der Waals surface area contributed by atoms with Gasteiger partial charge in [-0.25, -0.2) is 8.42 Å². The van der Waals surface area contributed by atoms with Crippen molar-refractivity contribution in [3.8, 4) is 0 Å². The summed E-state index contributed by atoms with van der Waals surface area (Å²) in [6.45, 7) is 3.29. The molecule has 0 radical (unpaired) electrons. The molecule has 7 heteroatoms. The summed E-state index contributed by atoms with van der Waals surface area (Å²) < 4.78 is 28.6. The largest absolute Gasteiger partial charge is 0.469 e. The summed E-state index contributed by atoms with van der Waals surface area (Å²) in [4.78, 5) is 24.0. The van der Waals surface area contributed by atoms with Gasteiger partial charge in [-0.3, -0.25) is 9.59 Å². The van der Waals surface area contributed by atoms with Crippen molar-refractivity contribution in [1.29, 1.82) is 0 Å². The van der Waals surface area contributed by atoms with Crippen LogP contribution in [-0.2, 0) is 24.2 Å². The molecule has 1 amide bonds. The number of amides is 1. The Morgan fingerprint density at radius 1 is 1.29 bits per heavy atom. The molecule has 1 N–H and O–H groups in total. The Hall–Kier alpha value is -1.11. The number of sulfone groups is 1. The van der Waals surface area contributed by atoms with E-state index in [-0.39, 0.29) is 18.3 Å². The van der Waals surface area contributed by atoms with Gasteiger partial charge in [0.25, 0.3) is 0 Å². The molecule has 6 nitrogen and oxygen atoms in total. The summed E-state index contributed by atoms with van der Waals surface area (Å²) in [6, 6.07) is 0. The first-order chi connectivity index (χ1) is 9.79. The average molecular weight is 319 g/mol. The predicted molar refractivity (Wildman–Crippen MR) is 79.5 cm³/mol. The molecule has 21 heavy (non-hydrogen) atoms. The zero-order chi connectivity index (χ0) is 16.1. The van der Waals surface area contributed by atoms with Crippen LogP contribution in [0.15, 0.2) is 0 Å². The van der Waals surface area contributed by atoms with E-state index in [0.29, 0.717) is 19.3 Å². The van der Waals surface area contributed by atoms with Crippen LogP contribution in [0, 0.1) is 5.41 Å². The highest BCUT2D eigenvalue weighted by atomic mass is 32.2. The highest BCUT2D eigenvalue weighted by Gasteiger charge is 2.43. The van der Waals surface area contributed by atoms with Gasteiger partial charge in [0.2, 0.25) is 5.91 Å². The number of ether oxygens (including phenoxy) is 1. The summed E-state index contributed by atoms with van der Waals surface area (Å²) in [5.74, 6) is -0.882. The van der Waals surface area contributed by atoms with E-state index in [2.05, 4.69) is 5.32 Å². The Bertz CT molecular complexity index is 480. The third-order valence-corrected chi connectivity index (χ3v) is 6.45. The van der Waals surface area contributed by atoms with Gasteiger partial charge in [0.1, 0.15) is 5.25 Å². The Kier molecular flexibility index (Phi) is 6.19. The average Bonchev–Trinajstić information content (AvgIpc) is 2.93. The first-order valence-electron chi connectivity index (χ1n) is 7.37. The van der Waals surface area contributed by atoms with Gasteiger partial charge < -0.3 is 10.1 Å². The Morgan fingerprint density at radius 2 is 1.86 bits per heavy atom. The molecule has 1 aliphatic carbocycles. The van der Waals surface area contributed by atoms with Crippen molar-refractivity contribution >= 4 is 21.7 Å². The Balaban J connectivity index is 2.69. The second-order valence-corrected chi connectivity index (χ2v) is 8.15. The standard InChI is InChI=1S/C14H25NO5S/c1-4-9-21(18,19)11(2)12(16)15-10-14(13(17)20-3)7-5-6-8-14/h11H,4-10H2,1-3H3,(H,15,16). The molecule has 0 aliphatic heterocycles. The zero-order valence-corrected chi connectivity index (χ0v) is 13.8. The monoisotopic (exact) mass is 319 g/mol. The van der Waals surface area contributed by atoms with E-state index >= 15 is 0 Å². The molecule has 0 aromatic heterocycles. The molecule has 1 unspecified atom stereocenters. The molecule has 0 spiro atoms. The summed E-state index contributed by atoms with van der Waals surface area (Å²) in [5.41, 5.74) is -0.696. The molecule has 1 saturated carbocycles. The summed E-state index contributed by atoms with van der Waals surface area (Å²) in [5, 5.41) is 1.54. The molecule has 1 fully saturated rings. The molecule has 0 aromatic rings. The number of hydrogen-bond acceptors (Lipinski definition) is 5. The Morgan fingerprint density at radius 3 is 2.33 bits per heavy atom. The lowest BCUT2D eigenvalue weighted by molar-refractivity contribution is -0.152. The minimum Gasteiger partial charge on any atom is -0.469 e. The second-order valence-electron chi connectivity index (χ2n) is 5.71. The fourth-order valence-corrected chi connectivity index (χ4v) is 4.08. The maximum absolute atomic E-state index is 12.0. The lowest BCUT2D eigenvalue weighted by Gasteiger charge is -2.26. The van der Waals surface area contributed by atoms with Crippen molar-refractivity contribution in [2.45, 2.75) is 51.2 Å². The quantitative estimate of drug-likeness (QED) is 0.708. The van der Waals surface area contributed by atoms with Gasteiger partial charge in [-0.1, -0.05) is 19.8 Å². The fourth-order valence-electron chi connectivity index (χ4n) is 2.75. The van der Waals surface area contributed by atoms with E-state index in [4.69, 9.17) is 4.74 Å². The van der Waals surface area contributed by atoms with Crippen LogP contribution in [0.3, 0.4) is 0 Å². The van der Waals surface area contributed by atoms with Crippen molar-refractivity contribution in [3.63, 3.8) is 0 Å². The van der Waals surface area contributed by atoms with Crippen LogP contribution in [0.2, 0.25) is 0 Å². The predicted octanol–water partition coefficient (Wildman–Crippen LogP) is 1.05. The van der Waals surface area contributed by atoms with E-state index in [9.17, 15) is 18.0 Å². The van der Waals surface area contributed by atoms with Crippen LogP contribution in [0.4, 0.5) is 0 Å². The molecular weight excluding hydrogens is 294 g/mol. The third-order valence-electron chi connectivity index (χ3n) is 4.18. The summed E-state index contributed by atoms with van der Waals surface area (Å²) in [7, 11) is -2.10. The minimum atomic E-state index is -3.43. The van der Waals surface area contributed by atoms with Crippen LogP contribution in [0.25, 0.3) is 0 Å². The smallest absolute Gasteiger partial charge is 0.313 e. The van der Waals surface area contributed by atoms with Gasteiger partial charge >= 0.3 is 5.97 Å². The van der Waals surface area contributed by atoms with E-state index < -0.39 is 26.4 Å². The molecule has 0 saturated heterocycles. The first kappa shape index (κ1) is 17.9. The molecule has 0 heterocycles. The van der Waals surface area contributed by atoms with Gasteiger partial charge in [-0.2, -0.15) is 0 Å².